The van der Waals surface area contributed by atoms with Crippen molar-refractivity contribution in [1.82, 2.24) is 40.4 Å². The lowest BCUT2D eigenvalue weighted by Gasteiger charge is -2.39. The largest absolute Gasteiger partial charge is 0.494 e. The average molecular weight is 1170 g/mol. The van der Waals surface area contributed by atoms with Crippen LogP contribution in [0.15, 0.2) is 54.6 Å². The van der Waals surface area contributed by atoms with E-state index in [0.29, 0.717) is 29.4 Å². The van der Waals surface area contributed by atoms with Gasteiger partial charge in [0.2, 0.25) is 41.4 Å². The molecular weight excluding hydrogens is 1080 g/mol. The molecule has 2 aromatic carbocycles. The highest BCUT2D eigenvalue weighted by Gasteiger charge is 2.52. The quantitative estimate of drug-likeness (QED) is 0.176. The molecule has 3 saturated heterocycles. The minimum Gasteiger partial charge on any atom is -0.450 e. The molecule has 0 spiro atoms. The molecule has 21 nitrogen and oxygen atoms in total. The molecule has 11 unspecified atom stereocenters. The van der Waals surface area contributed by atoms with Crippen molar-refractivity contribution in [2.24, 2.45) is 23.7 Å². The van der Waals surface area contributed by atoms with Gasteiger partial charge in [0.25, 0.3) is 5.91 Å². The van der Waals surface area contributed by atoms with E-state index >= 15 is 9.59 Å². The van der Waals surface area contributed by atoms with Gasteiger partial charge < -0.3 is 59.6 Å². The summed E-state index contributed by atoms with van der Waals surface area (Å²) in [5, 5.41) is 20.2. The number of nitrogens with zero attached hydrogens (tertiary/aromatic N) is 5. The van der Waals surface area contributed by atoms with Crippen LogP contribution in [0.4, 0.5) is 0 Å². The molecule has 3 aliphatic rings. The molecule has 84 heavy (non-hydrogen) atoms. The number of rotatable bonds is 12. The summed E-state index contributed by atoms with van der Waals surface area (Å²) in [6.07, 6.45) is -0.446. The number of hydrogen-bond donors (Lipinski definition) is 4. The Morgan fingerprint density at radius 1 is 0.643 bits per heavy atom. The maximum atomic E-state index is 15.3. The second-order valence-corrected chi connectivity index (χ2v) is 25.6. The third-order valence-electron chi connectivity index (χ3n) is 17.8. The van der Waals surface area contributed by atoms with E-state index in [9.17, 15) is 38.7 Å². The number of hydrogen-bond acceptors (Lipinski definition) is 13. The van der Waals surface area contributed by atoms with Crippen molar-refractivity contribution in [2.45, 2.75) is 201 Å². The Balaban J connectivity index is 1.63. The van der Waals surface area contributed by atoms with Crippen molar-refractivity contribution in [3.63, 3.8) is 0 Å². The van der Waals surface area contributed by atoms with E-state index in [1.54, 1.807) is 45.0 Å². The molecule has 3 heterocycles. The Bertz CT molecular complexity index is 2690. The molecule has 8 amide bonds. The fourth-order valence-corrected chi connectivity index (χ4v) is 10.8. The van der Waals surface area contributed by atoms with Crippen molar-refractivity contribution in [1.29, 1.82) is 0 Å². The maximum absolute atomic E-state index is 15.3. The van der Waals surface area contributed by atoms with Crippen LogP contribution in [0.25, 0.3) is 0 Å². The van der Waals surface area contributed by atoms with Gasteiger partial charge in [-0.3, -0.25) is 38.4 Å². The number of carbonyl (C=O) groups excluding carboxylic acids is 9. The molecular formula is C62H95BN8O13. The highest BCUT2D eigenvalue weighted by Crippen LogP contribution is 2.37. The first-order chi connectivity index (χ1) is 39.1. The van der Waals surface area contributed by atoms with Gasteiger partial charge in [0.1, 0.15) is 36.3 Å². The van der Waals surface area contributed by atoms with E-state index in [2.05, 4.69) is 16.0 Å². The molecule has 464 valence electrons. The lowest BCUT2D eigenvalue weighted by atomic mass is 9.78. The highest BCUT2D eigenvalue weighted by atomic mass is 16.7. The zero-order chi connectivity index (χ0) is 63.1. The molecule has 2 aromatic rings. The average Bonchev–Trinajstić information content (AvgIpc) is 3.01. The van der Waals surface area contributed by atoms with Gasteiger partial charge >= 0.3 is 13.1 Å². The minimum atomic E-state index is -1.97. The third-order valence-corrected chi connectivity index (χ3v) is 17.8. The van der Waals surface area contributed by atoms with Crippen molar-refractivity contribution < 1.29 is 62.3 Å². The zero-order valence-corrected chi connectivity index (χ0v) is 52.9. The van der Waals surface area contributed by atoms with Crippen molar-refractivity contribution in [2.75, 3.05) is 41.3 Å². The van der Waals surface area contributed by atoms with Crippen LogP contribution in [-0.4, -0.2) is 196 Å². The second kappa shape index (κ2) is 28.2. The number of carbonyl (C=O) groups is 9. The monoisotopic (exact) mass is 1170 g/mol. The van der Waals surface area contributed by atoms with Crippen LogP contribution in [0.2, 0.25) is 0 Å². The van der Waals surface area contributed by atoms with E-state index in [1.807, 2.05) is 78.8 Å². The first kappa shape index (κ1) is 68.4. The van der Waals surface area contributed by atoms with Crippen molar-refractivity contribution in [3.8, 4) is 0 Å². The Hall–Kier alpha value is -6.39. The zero-order valence-electron chi connectivity index (χ0n) is 52.9. The summed E-state index contributed by atoms with van der Waals surface area (Å²) in [6.45, 7) is 24.2. The number of ether oxygens (including phenoxy) is 1. The number of amides is 8. The van der Waals surface area contributed by atoms with Crippen LogP contribution in [-0.2, 0) is 70.0 Å². The van der Waals surface area contributed by atoms with E-state index < -0.39 is 143 Å². The standard InChI is InChI=1S/C62H95BN8O13/c1-19-37(5)48-57(78)67(15)39(7)51(72)64-45(31-36(3)4)55(76)70(18)50(60(9,10)81)59(80)82-49(38(6)20-2)58(79)68(16)40(8)52(73)65-46(33-41-25-22-21-23-26-41)54(75)69(17)47(56(77)71-30-29-43(35-71)53(74)66-48)34-42-27-24-28-44(32-42)63-83-61(11,12)62(13,14)84-63/h21-28,32,36-40,43,45-50,81H,19-20,29-31,33-35H2,1-18H3,(H,64,72)(H,65,73)(H,66,74). The van der Waals surface area contributed by atoms with Gasteiger partial charge in [-0.1, -0.05) is 103 Å². The Morgan fingerprint density at radius 2 is 1.18 bits per heavy atom. The molecule has 2 bridgehead atoms. The molecule has 0 radical (unpaired) electrons. The predicted molar refractivity (Wildman–Crippen MR) is 319 cm³/mol. The van der Waals surface area contributed by atoms with Gasteiger partial charge in [0.05, 0.1) is 22.7 Å². The molecule has 4 N–H and O–H groups in total. The minimum absolute atomic E-state index is 0.00364. The SMILES string of the molecule is CCC(C)C1NC(=O)C2CCN(C2)C(=O)C(Cc2cccc(B3OC(C)(C)C(C)(C)O3)c2)N(C)C(=O)C(Cc2ccccc2)NC(=O)C(C)N(C)C(=O)C(C(C)CC)OC(=O)C(C(C)(C)O)N(C)C(=O)C(CC(C)C)NC(=O)C(C)N(C)C1=O. The van der Waals surface area contributed by atoms with E-state index in [0.717, 1.165) is 9.80 Å². The number of fused-ring (bicyclic) bond motifs is 2. The van der Waals surface area contributed by atoms with Crippen molar-refractivity contribution in [3.05, 3.63) is 65.7 Å². The van der Waals surface area contributed by atoms with E-state index in [-0.39, 0.29) is 44.7 Å². The smallest absolute Gasteiger partial charge is 0.450 e. The number of benzene rings is 2. The summed E-state index contributed by atoms with van der Waals surface area (Å²) >= 11 is 0. The number of likely N-dealkylation sites (N-methyl/N-ethyl adjacent to an activating group) is 4. The molecule has 11 atom stereocenters. The summed E-state index contributed by atoms with van der Waals surface area (Å²) in [5.74, 6) is -8.28. The molecule has 3 fully saturated rings. The Kier molecular flexibility index (Phi) is 23.0. The third kappa shape index (κ3) is 16.1. The van der Waals surface area contributed by atoms with Crippen LogP contribution in [0, 0.1) is 23.7 Å². The number of nitrogens with one attached hydrogen (secondary N) is 3. The first-order valence-electron chi connectivity index (χ1n) is 29.7. The highest BCUT2D eigenvalue weighted by molar-refractivity contribution is 6.62. The van der Waals surface area contributed by atoms with Gasteiger partial charge in [-0.2, -0.15) is 0 Å². The first-order valence-corrected chi connectivity index (χ1v) is 29.7. The number of esters is 1. The summed E-state index contributed by atoms with van der Waals surface area (Å²) in [6, 6.07) is 7.34. The topological polar surface area (TPSA) is 254 Å². The van der Waals surface area contributed by atoms with Gasteiger partial charge in [-0.05, 0) is 103 Å². The van der Waals surface area contributed by atoms with Crippen molar-refractivity contribution >= 4 is 65.8 Å². The summed E-state index contributed by atoms with van der Waals surface area (Å²) < 4.78 is 18.8. The Morgan fingerprint density at radius 3 is 1.73 bits per heavy atom. The van der Waals surface area contributed by atoms with E-state index in [1.165, 1.54) is 70.6 Å². The number of aliphatic hydroxyl groups is 1. The van der Waals surface area contributed by atoms with Crippen LogP contribution in [0.3, 0.4) is 0 Å². The summed E-state index contributed by atoms with van der Waals surface area (Å²) in [7, 11) is 4.84. The molecule has 0 aliphatic carbocycles. The lowest BCUT2D eigenvalue weighted by molar-refractivity contribution is -0.177. The van der Waals surface area contributed by atoms with Crippen LogP contribution in [0.1, 0.15) is 134 Å². The molecule has 0 aromatic heterocycles. The fourth-order valence-electron chi connectivity index (χ4n) is 10.8. The van der Waals surface area contributed by atoms with E-state index in [4.69, 9.17) is 14.0 Å². The molecule has 0 saturated carbocycles. The van der Waals surface area contributed by atoms with Gasteiger partial charge in [0.15, 0.2) is 12.1 Å². The van der Waals surface area contributed by atoms with Gasteiger partial charge in [-0.25, -0.2) is 4.79 Å². The Labute approximate surface area is 498 Å². The summed E-state index contributed by atoms with van der Waals surface area (Å²) in [5.41, 5.74) is -1.22. The molecule has 22 heteroatoms. The normalized spacial score (nSPS) is 27.8. The second-order valence-electron chi connectivity index (χ2n) is 25.6. The van der Waals surface area contributed by atoms with Gasteiger partial charge in [-0.15, -0.1) is 0 Å². The summed E-state index contributed by atoms with van der Waals surface area (Å²) in [4.78, 5) is 139. The maximum Gasteiger partial charge on any atom is 0.494 e. The molecule has 3 aliphatic heterocycles. The predicted octanol–water partition coefficient (Wildman–Crippen LogP) is 3.26. The fraction of sp³-hybridized carbons (Fsp3) is 0.661. The lowest BCUT2D eigenvalue weighted by Crippen LogP contribution is -2.62. The number of cyclic esters (lactones) is 1. The van der Waals surface area contributed by atoms with Crippen LogP contribution >= 0.6 is 0 Å². The molecule has 5 rings (SSSR count). The van der Waals surface area contributed by atoms with Gasteiger partial charge in [0, 0.05) is 60.0 Å². The van der Waals surface area contributed by atoms with Crippen LogP contribution < -0.4 is 21.4 Å². The van der Waals surface area contributed by atoms with Crippen LogP contribution in [0.5, 0.6) is 0 Å².